The Hall–Kier alpha value is -3.66. The van der Waals surface area contributed by atoms with Crippen LogP contribution in [0, 0.1) is 12.8 Å². The molecule has 184 valence electrons. The zero-order valence-electron chi connectivity index (χ0n) is 20.1. The van der Waals surface area contributed by atoms with Gasteiger partial charge in [0.25, 0.3) is 15.9 Å². The molecule has 9 nitrogen and oxygen atoms in total. The molecule has 0 saturated carbocycles. The number of amides is 1. The van der Waals surface area contributed by atoms with Gasteiger partial charge in [0.1, 0.15) is 22.3 Å². The molecule has 4 N–H and O–H groups in total. The summed E-state index contributed by atoms with van der Waals surface area (Å²) in [6.45, 7) is 8.79. The molecule has 1 saturated heterocycles. The van der Waals surface area contributed by atoms with Crippen LogP contribution in [0.5, 0.6) is 5.75 Å². The molecule has 35 heavy (non-hydrogen) atoms. The number of aryl methyl sites for hydroxylation is 1. The van der Waals surface area contributed by atoms with Crippen molar-refractivity contribution >= 4 is 27.6 Å². The van der Waals surface area contributed by atoms with E-state index in [0.29, 0.717) is 29.5 Å². The number of carbonyl (C=O) groups is 1. The second-order valence-electron chi connectivity index (χ2n) is 9.64. The molecule has 1 aliphatic heterocycles. The van der Waals surface area contributed by atoms with E-state index in [2.05, 4.69) is 30.5 Å². The number of nitrogens with zero attached hydrogens (tertiary/aromatic N) is 3. The lowest BCUT2D eigenvalue weighted by Crippen LogP contribution is -2.41. The van der Waals surface area contributed by atoms with Gasteiger partial charge in [-0.2, -0.15) is 0 Å². The molecule has 1 aromatic carbocycles. The molecule has 4 rings (SSSR count). The fourth-order valence-corrected chi connectivity index (χ4v) is 5.71. The van der Waals surface area contributed by atoms with Crippen LogP contribution in [-0.4, -0.2) is 41.5 Å². The first-order valence-electron chi connectivity index (χ1n) is 11.3. The van der Waals surface area contributed by atoms with Crippen molar-refractivity contribution in [2.75, 3.05) is 17.2 Å². The Labute approximate surface area is 205 Å². The Balaban J connectivity index is 1.81. The SMILES string of the molecule is Cc1ccc(O)c(-c2ccc(C(=O)NS(=O)(=O)c3cccnc3N)c(N3C[C@@H](C)CC3(C)C)n2)c1. The summed E-state index contributed by atoms with van der Waals surface area (Å²) in [6.07, 6.45) is 2.24. The molecule has 3 aromatic rings. The third kappa shape index (κ3) is 4.79. The fraction of sp³-hybridized carbons (Fsp3) is 0.320. The van der Waals surface area contributed by atoms with Crippen molar-refractivity contribution in [3.8, 4) is 17.0 Å². The van der Waals surface area contributed by atoms with Gasteiger partial charge in [0, 0.05) is 23.8 Å². The second-order valence-corrected chi connectivity index (χ2v) is 11.3. The number of aromatic hydroxyl groups is 1. The monoisotopic (exact) mass is 495 g/mol. The van der Waals surface area contributed by atoms with Crippen LogP contribution in [0.2, 0.25) is 0 Å². The quantitative estimate of drug-likeness (QED) is 0.489. The Morgan fingerprint density at radius 3 is 2.63 bits per heavy atom. The first kappa shape index (κ1) is 24.5. The normalized spacial score (nSPS) is 17.4. The largest absolute Gasteiger partial charge is 0.507 e. The van der Waals surface area contributed by atoms with Gasteiger partial charge >= 0.3 is 0 Å². The molecule has 3 heterocycles. The van der Waals surface area contributed by atoms with Crippen molar-refractivity contribution in [1.29, 1.82) is 0 Å². The number of benzene rings is 1. The summed E-state index contributed by atoms with van der Waals surface area (Å²) < 4.78 is 27.9. The maximum absolute atomic E-state index is 13.3. The van der Waals surface area contributed by atoms with Crippen LogP contribution in [-0.2, 0) is 10.0 Å². The van der Waals surface area contributed by atoms with Crippen LogP contribution in [0.15, 0.2) is 53.6 Å². The van der Waals surface area contributed by atoms with Crippen molar-refractivity contribution in [3.05, 3.63) is 59.8 Å². The number of phenols is 1. The summed E-state index contributed by atoms with van der Waals surface area (Å²) in [5.41, 5.74) is 7.46. The smallest absolute Gasteiger partial charge is 0.268 e. The minimum atomic E-state index is -4.27. The van der Waals surface area contributed by atoms with E-state index >= 15 is 0 Å². The van der Waals surface area contributed by atoms with Gasteiger partial charge in [-0.3, -0.25) is 4.79 Å². The molecule has 1 aliphatic rings. The average Bonchev–Trinajstić information content (AvgIpc) is 3.06. The highest BCUT2D eigenvalue weighted by Crippen LogP contribution is 2.39. The Morgan fingerprint density at radius 1 is 1.23 bits per heavy atom. The number of anilines is 2. The molecule has 1 amide bonds. The van der Waals surface area contributed by atoms with Gasteiger partial charge in [0.15, 0.2) is 0 Å². The molecule has 0 bridgehead atoms. The van der Waals surface area contributed by atoms with Crippen LogP contribution >= 0.6 is 0 Å². The predicted octanol–water partition coefficient (Wildman–Crippen LogP) is 3.48. The molecule has 0 radical (unpaired) electrons. The number of nitrogens with one attached hydrogen (secondary N) is 1. The van der Waals surface area contributed by atoms with E-state index in [1.165, 1.54) is 24.4 Å². The third-order valence-corrected chi connectivity index (χ3v) is 7.57. The maximum Gasteiger partial charge on any atom is 0.268 e. The number of sulfonamides is 1. The lowest BCUT2D eigenvalue weighted by Gasteiger charge is -2.34. The number of rotatable bonds is 5. The van der Waals surface area contributed by atoms with Crippen molar-refractivity contribution in [2.45, 2.75) is 44.6 Å². The number of hydrogen-bond donors (Lipinski definition) is 3. The lowest BCUT2D eigenvalue weighted by molar-refractivity contribution is 0.0981. The van der Waals surface area contributed by atoms with Gasteiger partial charge in [-0.05, 0) is 69.5 Å². The highest BCUT2D eigenvalue weighted by atomic mass is 32.2. The summed E-state index contributed by atoms with van der Waals surface area (Å²) in [5, 5.41) is 10.4. The number of nitrogens with two attached hydrogens (primary N) is 1. The van der Waals surface area contributed by atoms with Crippen molar-refractivity contribution in [1.82, 2.24) is 14.7 Å². The molecule has 1 atom stereocenters. The molecule has 2 aromatic heterocycles. The minimum Gasteiger partial charge on any atom is -0.507 e. The molecule has 0 aliphatic carbocycles. The first-order chi connectivity index (χ1) is 16.4. The topological polar surface area (TPSA) is 139 Å². The number of carbonyl (C=O) groups excluding carboxylic acids is 1. The van der Waals surface area contributed by atoms with Crippen molar-refractivity contribution in [3.63, 3.8) is 0 Å². The van der Waals surface area contributed by atoms with Crippen molar-refractivity contribution < 1.29 is 18.3 Å². The van der Waals surface area contributed by atoms with Crippen LogP contribution in [0.3, 0.4) is 0 Å². The summed E-state index contributed by atoms with van der Waals surface area (Å²) in [5.74, 6) is -0.269. The van der Waals surface area contributed by atoms with E-state index in [-0.39, 0.29) is 27.6 Å². The van der Waals surface area contributed by atoms with E-state index in [4.69, 9.17) is 10.7 Å². The Kier molecular flexibility index (Phi) is 6.18. The number of phenolic OH excluding ortho intramolecular Hbond substituents is 1. The van der Waals surface area contributed by atoms with E-state index in [1.54, 1.807) is 18.2 Å². The Bertz CT molecular complexity index is 1400. The number of pyridine rings is 2. The number of hydrogen-bond acceptors (Lipinski definition) is 8. The van der Waals surface area contributed by atoms with Crippen LogP contribution in [0.25, 0.3) is 11.3 Å². The Morgan fingerprint density at radius 2 is 1.97 bits per heavy atom. The summed E-state index contributed by atoms with van der Waals surface area (Å²) in [6, 6.07) is 11.1. The van der Waals surface area contributed by atoms with E-state index in [9.17, 15) is 18.3 Å². The minimum absolute atomic E-state index is 0.0648. The zero-order chi connectivity index (χ0) is 25.5. The highest BCUT2D eigenvalue weighted by Gasteiger charge is 2.39. The predicted molar refractivity (Wildman–Crippen MR) is 135 cm³/mol. The van der Waals surface area contributed by atoms with Gasteiger partial charge in [0.05, 0.1) is 11.3 Å². The molecule has 10 heteroatoms. The van der Waals surface area contributed by atoms with Gasteiger partial charge in [-0.15, -0.1) is 0 Å². The van der Waals surface area contributed by atoms with E-state index in [0.717, 1.165) is 12.0 Å². The van der Waals surface area contributed by atoms with Gasteiger partial charge in [-0.25, -0.2) is 23.1 Å². The standard InChI is InChI=1S/C25H29N5O4S/c1-15-7-10-20(31)18(12-15)19-9-8-17(23(28-19)30-14-16(2)13-25(30,3)4)24(32)29-35(33,34)21-6-5-11-27-22(21)26/h5-12,16,31H,13-14H2,1-4H3,(H2,26,27)(H,29,32)/t16-/m0/s1. The summed E-state index contributed by atoms with van der Waals surface area (Å²) >= 11 is 0. The maximum atomic E-state index is 13.3. The zero-order valence-corrected chi connectivity index (χ0v) is 20.9. The van der Waals surface area contributed by atoms with E-state index < -0.39 is 15.9 Å². The van der Waals surface area contributed by atoms with E-state index in [1.807, 2.05) is 17.9 Å². The van der Waals surface area contributed by atoms with Crippen LogP contribution in [0.4, 0.5) is 11.6 Å². The van der Waals surface area contributed by atoms with Crippen LogP contribution in [0.1, 0.15) is 43.1 Å². The third-order valence-electron chi connectivity index (χ3n) is 6.19. The molecule has 0 unspecified atom stereocenters. The summed E-state index contributed by atoms with van der Waals surface area (Å²) in [7, 11) is -4.27. The molecule has 1 fully saturated rings. The van der Waals surface area contributed by atoms with Crippen molar-refractivity contribution in [2.24, 2.45) is 5.92 Å². The summed E-state index contributed by atoms with van der Waals surface area (Å²) in [4.78, 5) is 23.6. The molecular weight excluding hydrogens is 466 g/mol. The fourth-order valence-electron chi connectivity index (χ4n) is 4.66. The second kappa shape index (κ2) is 8.84. The van der Waals surface area contributed by atoms with Gasteiger partial charge in [0.2, 0.25) is 0 Å². The van der Waals surface area contributed by atoms with Crippen LogP contribution < -0.4 is 15.4 Å². The first-order valence-corrected chi connectivity index (χ1v) is 12.7. The highest BCUT2D eigenvalue weighted by molar-refractivity contribution is 7.90. The average molecular weight is 496 g/mol. The van der Waals surface area contributed by atoms with Gasteiger partial charge in [-0.1, -0.05) is 18.6 Å². The lowest BCUT2D eigenvalue weighted by atomic mass is 9.97. The van der Waals surface area contributed by atoms with Gasteiger partial charge < -0.3 is 15.7 Å². The molecule has 0 spiro atoms. The molecular formula is C25H29N5O4S. The number of aromatic nitrogens is 2. The number of nitrogen functional groups attached to an aromatic ring is 1.